The van der Waals surface area contributed by atoms with Crippen LogP contribution in [0.4, 0.5) is 0 Å². The summed E-state index contributed by atoms with van der Waals surface area (Å²) in [5.41, 5.74) is 5.49. The quantitative estimate of drug-likeness (QED) is 0.687. The van der Waals surface area contributed by atoms with Crippen LogP contribution in [0.15, 0.2) is 0 Å². The van der Waals surface area contributed by atoms with Gasteiger partial charge in [-0.2, -0.15) is 15.8 Å². The highest BCUT2D eigenvalue weighted by atomic mass is 14.7. The van der Waals surface area contributed by atoms with E-state index in [0.29, 0.717) is 38.5 Å². The van der Waals surface area contributed by atoms with Crippen molar-refractivity contribution in [1.29, 1.82) is 15.8 Å². The molecular weight excluding hydrogens is 176 g/mol. The van der Waals surface area contributed by atoms with Crippen LogP contribution in [0.3, 0.4) is 0 Å². The van der Waals surface area contributed by atoms with Crippen LogP contribution >= 0.6 is 0 Å². The van der Waals surface area contributed by atoms with Gasteiger partial charge in [0, 0.05) is 24.8 Å². The molecule has 0 saturated heterocycles. The minimum Gasteiger partial charge on any atom is -0.325 e. The van der Waals surface area contributed by atoms with Gasteiger partial charge in [-0.15, -0.1) is 0 Å². The van der Waals surface area contributed by atoms with E-state index in [1.165, 1.54) is 0 Å². The first-order chi connectivity index (χ1) is 6.68. The number of hydrogen-bond donors (Lipinski definition) is 1. The molecule has 4 heteroatoms. The molecule has 0 fully saturated rings. The van der Waals surface area contributed by atoms with Crippen LogP contribution in [-0.2, 0) is 0 Å². The Bertz CT molecular complexity index is 230. The van der Waals surface area contributed by atoms with E-state index in [1.54, 1.807) is 0 Å². The fourth-order valence-electron chi connectivity index (χ4n) is 1.29. The van der Waals surface area contributed by atoms with Crippen molar-refractivity contribution in [3.05, 3.63) is 0 Å². The molecule has 0 spiro atoms. The van der Waals surface area contributed by atoms with Gasteiger partial charge in [0.15, 0.2) is 0 Å². The van der Waals surface area contributed by atoms with Crippen LogP contribution in [0, 0.1) is 34.0 Å². The Morgan fingerprint density at radius 2 is 1.07 bits per heavy atom. The first-order valence-corrected chi connectivity index (χ1v) is 4.58. The molecule has 0 heterocycles. The summed E-state index contributed by atoms with van der Waals surface area (Å²) in [6.07, 6.45) is 2.83. The van der Waals surface area contributed by atoms with Crippen LogP contribution in [0.2, 0.25) is 0 Å². The molecule has 2 N–H and O–H groups in total. The summed E-state index contributed by atoms with van der Waals surface area (Å²) in [4.78, 5) is 0. The molecular formula is C10H14N4. The van der Waals surface area contributed by atoms with E-state index in [4.69, 9.17) is 21.5 Å². The molecule has 74 valence electrons. The summed E-state index contributed by atoms with van der Waals surface area (Å²) in [7, 11) is 0. The molecule has 0 unspecified atom stereocenters. The second-order valence-electron chi connectivity index (χ2n) is 3.34. The molecule has 0 bridgehead atoms. The summed E-state index contributed by atoms with van der Waals surface area (Å²) in [6, 6.07) is 6.09. The highest BCUT2D eigenvalue weighted by Gasteiger charge is 2.23. The molecule has 0 aromatic rings. The van der Waals surface area contributed by atoms with E-state index in [2.05, 4.69) is 0 Å². The molecule has 0 aromatic heterocycles. The van der Waals surface area contributed by atoms with E-state index < -0.39 is 5.54 Å². The summed E-state index contributed by atoms with van der Waals surface area (Å²) in [5, 5.41) is 25.3. The smallest absolute Gasteiger partial charge is 0.0622 e. The number of rotatable bonds is 6. The molecule has 0 radical (unpaired) electrons. The SMILES string of the molecule is N#CCCC(N)(CCC#N)CCC#N. The van der Waals surface area contributed by atoms with Crippen molar-refractivity contribution in [3.8, 4) is 18.2 Å². The van der Waals surface area contributed by atoms with Crippen molar-refractivity contribution >= 4 is 0 Å². The third-order valence-corrected chi connectivity index (χ3v) is 2.20. The van der Waals surface area contributed by atoms with Crippen LogP contribution in [0.5, 0.6) is 0 Å². The fraction of sp³-hybridized carbons (Fsp3) is 0.700. The number of nitrogens with two attached hydrogens (primary N) is 1. The Labute approximate surface area is 84.5 Å². The lowest BCUT2D eigenvalue weighted by molar-refractivity contribution is 0.350. The van der Waals surface area contributed by atoms with Gasteiger partial charge < -0.3 is 5.73 Å². The monoisotopic (exact) mass is 190 g/mol. The van der Waals surface area contributed by atoms with Crippen molar-refractivity contribution in [2.75, 3.05) is 0 Å². The second kappa shape index (κ2) is 6.89. The van der Waals surface area contributed by atoms with Crippen molar-refractivity contribution in [1.82, 2.24) is 0 Å². The van der Waals surface area contributed by atoms with E-state index in [0.717, 1.165) is 0 Å². The van der Waals surface area contributed by atoms with Crippen LogP contribution in [0.1, 0.15) is 38.5 Å². The zero-order chi connectivity index (χ0) is 10.9. The molecule has 4 nitrogen and oxygen atoms in total. The molecule has 0 aliphatic carbocycles. The lowest BCUT2D eigenvalue weighted by atomic mass is 9.85. The first-order valence-electron chi connectivity index (χ1n) is 4.58. The van der Waals surface area contributed by atoms with Gasteiger partial charge in [0.1, 0.15) is 0 Å². The van der Waals surface area contributed by atoms with Gasteiger partial charge >= 0.3 is 0 Å². The average Bonchev–Trinajstić information content (AvgIpc) is 2.21. The van der Waals surface area contributed by atoms with Crippen molar-refractivity contribution < 1.29 is 0 Å². The highest BCUT2D eigenvalue weighted by molar-refractivity contribution is 4.92. The Kier molecular flexibility index (Phi) is 6.12. The molecule has 0 aliphatic heterocycles. The normalized spacial score (nSPS) is 9.86. The maximum absolute atomic E-state index is 8.44. The molecule has 0 aliphatic rings. The van der Waals surface area contributed by atoms with Crippen molar-refractivity contribution in [2.45, 2.75) is 44.1 Å². The van der Waals surface area contributed by atoms with Gasteiger partial charge in [0.05, 0.1) is 18.2 Å². The average molecular weight is 190 g/mol. The van der Waals surface area contributed by atoms with Gasteiger partial charge in [0.25, 0.3) is 0 Å². The van der Waals surface area contributed by atoms with Crippen LogP contribution in [0.25, 0.3) is 0 Å². The molecule has 0 saturated carbocycles. The predicted molar refractivity (Wildman–Crippen MR) is 51.5 cm³/mol. The zero-order valence-corrected chi connectivity index (χ0v) is 8.16. The van der Waals surface area contributed by atoms with Crippen LogP contribution in [-0.4, -0.2) is 5.54 Å². The second-order valence-corrected chi connectivity index (χ2v) is 3.34. The fourth-order valence-corrected chi connectivity index (χ4v) is 1.29. The largest absolute Gasteiger partial charge is 0.325 e. The maximum Gasteiger partial charge on any atom is 0.0622 e. The molecule has 0 rings (SSSR count). The number of nitriles is 3. The van der Waals surface area contributed by atoms with Gasteiger partial charge in [0.2, 0.25) is 0 Å². The number of hydrogen-bond acceptors (Lipinski definition) is 4. The van der Waals surface area contributed by atoms with E-state index >= 15 is 0 Å². The minimum absolute atomic E-state index is 0.382. The Hall–Kier alpha value is -1.57. The maximum atomic E-state index is 8.44. The molecule has 0 atom stereocenters. The number of nitrogens with zero attached hydrogens (tertiary/aromatic N) is 3. The lowest BCUT2D eigenvalue weighted by Gasteiger charge is -2.26. The third-order valence-electron chi connectivity index (χ3n) is 2.20. The third kappa shape index (κ3) is 5.14. The Balaban J connectivity index is 4.13. The van der Waals surface area contributed by atoms with Gasteiger partial charge in [-0.3, -0.25) is 0 Å². The van der Waals surface area contributed by atoms with Crippen molar-refractivity contribution in [3.63, 3.8) is 0 Å². The van der Waals surface area contributed by atoms with Gasteiger partial charge in [-0.1, -0.05) is 0 Å². The summed E-state index contributed by atoms with van der Waals surface area (Å²) >= 11 is 0. The predicted octanol–water partition coefficient (Wildman–Crippen LogP) is 1.60. The molecule has 0 aromatic carbocycles. The highest BCUT2D eigenvalue weighted by Crippen LogP contribution is 2.21. The Morgan fingerprint density at radius 1 is 0.786 bits per heavy atom. The molecule has 0 amide bonds. The van der Waals surface area contributed by atoms with Crippen LogP contribution < -0.4 is 5.73 Å². The summed E-state index contributed by atoms with van der Waals surface area (Å²) in [6.45, 7) is 0. The minimum atomic E-state index is -0.513. The topological polar surface area (TPSA) is 97.4 Å². The van der Waals surface area contributed by atoms with E-state index in [-0.39, 0.29) is 0 Å². The van der Waals surface area contributed by atoms with Crippen molar-refractivity contribution in [2.24, 2.45) is 5.73 Å². The summed E-state index contributed by atoms with van der Waals surface area (Å²) in [5.74, 6) is 0. The zero-order valence-electron chi connectivity index (χ0n) is 8.16. The first kappa shape index (κ1) is 12.4. The standard InChI is InChI=1S/C10H14N4/c11-7-1-4-10(14,5-2-8-12)6-3-9-13/h1-6,14H2. The Morgan fingerprint density at radius 3 is 1.29 bits per heavy atom. The van der Waals surface area contributed by atoms with Gasteiger partial charge in [-0.05, 0) is 19.3 Å². The van der Waals surface area contributed by atoms with Gasteiger partial charge in [-0.25, -0.2) is 0 Å². The summed E-state index contributed by atoms with van der Waals surface area (Å²) < 4.78 is 0. The lowest BCUT2D eigenvalue weighted by Crippen LogP contribution is -2.39. The van der Waals surface area contributed by atoms with E-state index in [1.807, 2.05) is 18.2 Å². The molecule has 14 heavy (non-hydrogen) atoms. The van der Waals surface area contributed by atoms with E-state index in [9.17, 15) is 0 Å².